The molecule has 1 atom stereocenters. The van der Waals surface area contributed by atoms with Crippen LogP contribution in [0.5, 0.6) is 11.5 Å². The maximum atomic E-state index is 12.4. The van der Waals surface area contributed by atoms with Gasteiger partial charge in [0.25, 0.3) is 5.91 Å². The van der Waals surface area contributed by atoms with Gasteiger partial charge in [0.15, 0.2) is 0 Å². The topological polar surface area (TPSA) is 64.8 Å². The number of ether oxygens (including phenoxy) is 2. The van der Waals surface area contributed by atoms with Crippen molar-refractivity contribution in [2.75, 3.05) is 21.3 Å². The second-order valence-corrected chi connectivity index (χ2v) is 4.53. The zero-order chi connectivity index (χ0) is 14.6. The zero-order valence-corrected chi connectivity index (χ0v) is 12.3. The quantitative estimate of drug-likeness (QED) is 0.828. The number of rotatable bonds is 5. The van der Waals surface area contributed by atoms with E-state index < -0.39 is 0 Å². The molecule has 1 unspecified atom stereocenters. The number of nitrogens with two attached hydrogens (primary N) is 1. The first-order chi connectivity index (χ1) is 8.92. The Kier molecular flexibility index (Phi) is 5.11. The lowest BCUT2D eigenvalue weighted by atomic mass is 10.1. The number of hydrogen-bond donors (Lipinski definition) is 1. The van der Waals surface area contributed by atoms with Crippen molar-refractivity contribution in [2.24, 2.45) is 5.73 Å². The molecule has 0 aromatic heterocycles. The van der Waals surface area contributed by atoms with Gasteiger partial charge in [0.05, 0.1) is 30.8 Å². The van der Waals surface area contributed by atoms with Crippen molar-refractivity contribution in [3.8, 4) is 11.5 Å². The summed E-state index contributed by atoms with van der Waals surface area (Å²) in [4.78, 5) is 14.1. The number of thiocarbonyl (C=S) groups is 1. The number of amides is 1. The number of carbonyl (C=O) groups is 1. The first kappa shape index (κ1) is 15.2. The average molecular weight is 282 g/mol. The molecule has 0 aliphatic heterocycles. The molecule has 0 fully saturated rings. The molecule has 1 amide bonds. The van der Waals surface area contributed by atoms with Gasteiger partial charge < -0.3 is 20.1 Å². The highest BCUT2D eigenvalue weighted by atomic mass is 32.1. The van der Waals surface area contributed by atoms with Gasteiger partial charge in [-0.25, -0.2) is 0 Å². The molecule has 1 aromatic carbocycles. The van der Waals surface area contributed by atoms with E-state index in [1.807, 2.05) is 0 Å². The highest BCUT2D eigenvalue weighted by molar-refractivity contribution is 7.80. The van der Waals surface area contributed by atoms with E-state index in [4.69, 9.17) is 27.4 Å². The molecular weight excluding hydrogens is 264 g/mol. The van der Waals surface area contributed by atoms with E-state index >= 15 is 0 Å². The lowest BCUT2D eigenvalue weighted by molar-refractivity contribution is 0.0775. The van der Waals surface area contributed by atoms with Crippen molar-refractivity contribution in [2.45, 2.75) is 13.0 Å². The van der Waals surface area contributed by atoms with Crippen LogP contribution in [0.1, 0.15) is 17.3 Å². The van der Waals surface area contributed by atoms with Crippen LogP contribution < -0.4 is 15.2 Å². The number of benzene rings is 1. The van der Waals surface area contributed by atoms with Crippen LogP contribution in [0.3, 0.4) is 0 Å². The molecule has 0 aliphatic carbocycles. The fraction of sp³-hybridized carbons (Fsp3) is 0.385. The molecule has 1 rings (SSSR count). The van der Waals surface area contributed by atoms with Crippen LogP contribution in [0.2, 0.25) is 0 Å². The highest BCUT2D eigenvalue weighted by Gasteiger charge is 2.22. The van der Waals surface area contributed by atoms with Crippen molar-refractivity contribution in [3.05, 3.63) is 23.8 Å². The summed E-state index contributed by atoms with van der Waals surface area (Å²) in [6.07, 6.45) is 0. The third-order valence-electron chi connectivity index (χ3n) is 2.95. The van der Waals surface area contributed by atoms with Gasteiger partial charge in [0.1, 0.15) is 11.5 Å². The lowest BCUT2D eigenvalue weighted by Gasteiger charge is -2.24. The van der Waals surface area contributed by atoms with Gasteiger partial charge in [-0.15, -0.1) is 0 Å². The summed E-state index contributed by atoms with van der Waals surface area (Å²) >= 11 is 4.90. The Morgan fingerprint density at radius 1 is 1.37 bits per heavy atom. The zero-order valence-electron chi connectivity index (χ0n) is 11.5. The largest absolute Gasteiger partial charge is 0.497 e. The highest BCUT2D eigenvalue weighted by Crippen LogP contribution is 2.25. The van der Waals surface area contributed by atoms with Gasteiger partial charge in [-0.05, 0) is 25.1 Å². The summed E-state index contributed by atoms with van der Waals surface area (Å²) in [6.45, 7) is 1.77. The Balaban J connectivity index is 3.13. The van der Waals surface area contributed by atoms with Crippen LogP contribution in [-0.4, -0.2) is 43.1 Å². The van der Waals surface area contributed by atoms with Crippen molar-refractivity contribution in [1.29, 1.82) is 0 Å². The molecule has 104 valence electrons. The van der Waals surface area contributed by atoms with E-state index in [0.29, 0.717) is 17.1 Å². The van der Waals surface area contributed by atoms with E-state index in [1.54, 1.807) is 32.2 Å². The minimum absolute atomic E-state index is 0.226. The first-order valence-corrected chi connectivity index (χ1v) is 6.11. The molecule has 1 aromatic rings. The maximum absolute atomic E-state index is 12.4. The summed E-state index contributed by atoms with van der Waals surface area (Å²) in [6, 6.07) is 4.71. The molecule has 0 saturated heterocycles. The summed E-state index contributed by atoms with van der Waals surface area (Å²) in [7, 11) is 4.69. The molecule has 0 saturated carbocycles. The summed E-state index contributed by atoms with van der Waals surface area (Å²) in [5, 5.41) is 0. The van der Waals surface area contributed by atoms with Crippen LogP contribution in [0.15, 0.2) is 18.2 Å². The van der Waals surface area contributed by atoms with Gasteiger partial charge in [-0.2, -0.15) is 0 Å². The van der Waals surface area contributed by atoms with E-state index in [-0.39, 0.29) is 16.9 Å². The summed E-state index contributed by atoms with van der Waals surface area (Å²) in [5.41, 5.74) is 5.97. The first-order valence-electron chi connectivity index (χ1n) is 5.70. The molecule has 0 heterocycles. The predicted molar refractivity (Wildman–Crippen MR) is 77.9 cm³/mol. The molecule has 0 bridgehead atoms. The van der Waals surface area contributed by atoms with Crippen molar-refractivity contribution in [3.63, 3.8) is 0 Å². The number of nitrogens with zero attached hydrogens (tertiary/aromatic N) is 1. The van der Waals surface area contributed by atoms with Crippen molar-refractivity contribution < 1.29 is 14.3 Å². The van der Waals surface area contributed by atoms with Gasteiger partial charge in [-0.3, -0.25) is 4.79 Å². The van der Waals surface area contributed by atoms with Crippen LogP contribution in [0, 0.1) is 0 Å². The Bertz CT molecular complexity index is 491. The third-order valence-corrected chi connectivity index (χ3v) is 3.29. The van der Waals surface area contributed by atoms with Crippen LogP contribution in [-0.2, 0) is 0 Å². The molecule has 0 spiro atoms. The van der Waals surface area contributed by atoms with Crippen LogP contribution in [0.25, 0.3) is 0 Å². The molecule has 0 aliphatic rings. The predicted octanol–water partition coefficient (Wildman–Crippen LogP) is 1.45. The Morgan fingerprint density at radius 3 is 2.47 bits per heavy atom. The molecule has 6 heteroatoms. The molecule has 0 radical (unpaired) electrons. The number of hydrogen-bond acceptors (Lipinski definition) is 4. The second kappa shape index (κ2) is 6.38. The summed E-state index contributed by atoms with van der Waals surface area (Å²) in [5.74, 6) is 0.837. The number of carbonyl (C=O) groups excluding carboxylic acids is 1. The molecule has 19 heavy (non-hydrogen) atoms. The average Bonchev–Trinajstić information content (AvgIpc) is 2.43. The second-order valence-electron chi connectivity index (χ2n) is 4.06. The minimum atomic E-state index is -0.335. The van der Waals surface area contributed by atoms with Gasteiger partial charge in [-0.1, -0.05) is 12.2 Å². The monoisotopic (exact) mass is 282 g/mol. The van der Waals surface area contributed by atoms with Crippen molar-refractivity contribution in [1.82, 2.24) is 4.90 Å². The van der Waals surface area contributed by atoms with E-state index in [1.165, 1.54) is 19.1 Å². The fourth-order valence-electron chi connectivity index (χ4n) is 1.54. The van der Waals surface area contributed by atoms with Gasteiger partial charge in [0, 0.05) is 7.05 Å². The molecular formula is C13H18N2O3S. The van der Waals surface area contributed by atoms with Gasteiger partial charge >= 0.3 is 0 Å². The normalized spacial score (nSPS) is 11.6. The fourth-order valence-corrected chi connectivity index (χ4v) is 1.70. The molecule has 2 N–H and O–H groups in total. The SMILES string of the molecule is COc1ccc(OC)c(C(=O)N(C)C(C)C(N)=S)c1. The lowest BCUT2D eigenvalue weighted by Crippen LogP contribution is -2.42. The minimum Gasteiger partial charge on any atom is -0.497 e. The van der Waals surface area contributed by atoms with Gasteiger partial charge in [0.2, 0.25) is 0 Å². The van der Waals surface area contributed by atoms with E-state index in [2.05, 4.69) is 0 Å². The van der Waals surface area contributed by atoms with Crippen LogP contribution in [0.4, 0.5) is 0 Å². The van der Waals surface area contributed by atoms with Crippen LogP contribution >= 0.6 is 12.2 Å². The van der Waals surface area contributed by atoms with Crippen molar-refractivity contribution >= 4 is 23.1 Å². The smallest absolute Gasteiger partial charge is 0.258 e. The molecule has 5 nitrogen and oxygen atoms in total. The Hall–Kier alpha value is -1.82. The third kappa shape index (κ3) is 3.35. The number of methoxy groups -OCH3 is 2. The number of likely N-dealkylation sites (N-methyl/N-ethyl adjacent to an activating group) is 1. The standard InChI is InChI=1S/C13H18N2O3S/c1-8(12(14)19)15(2)13(16)10-7-9(17-3)5-6-11(10)18-4/h5-8H,1-4H3,(H2,14,19). The van der Waals surface area contributed by atoms with E-state index in [0.717, 1.165) is 0 Å². The Labute approximate surface area is 118 Å². The summed E-state index contributed by atoms with van der Waals surface area (Å²) < 4.78 is 10.3. The maximum Gasteiger partial charge on any atom is 0.258 e. The van der Waals surface area contributed by atoms with E-state index in [9.17, 15) is 4.79 Å². The Morgan fingerprint density at radius 2 is 2.00 bits per heavy atom.